The van der Waals surface area contributed by atoms with Crippen LogP contribution in [0.3, 0.4) is 0 Å². The molecule has 1 saturated heterocycles. The van der Waals surface area contributed by atoms with Crippen LogP contribution < -0.4 is 0 Å². The van der Waals surface area contributed by atoms with E-state index in [-0.39, 0.29) is 11.9 Å². The number of sulfone groups is 1. The molecule has 1 atom stereocenters. The second kappa shape index (κ2) is 5.23. The zero-order valence-corrected chi connectivity index (χ0v) is 12.4. The molecule has 19 heavy (non-hydrogen) atoms. The van der Waals surface area contributed by atoms with E-state index >= 15 is 0 Å². The molecule has 4 nitrogen and oxygen atoms in total. The topological polar surface area (TPSA) is 52.6 Å². The number of hydrogen-bond donors (Lipinski definition) is 0. The Balaban J connectivity index is 1.97. The van der Waals surface area contributed by atoms with Crippen LogP contribution >= 0.6 is 0 Å². The predicted octanol–water partition coefficient (Wildman–Crippen LogP) is 2.31. The van der Waals surface area contributed by atoms with Crippen molar-refractivity contribution in [2.75, 3.05) is 12.4 Å². The number of hydrogen-bond acceptors (Lipinski definition) is 4. The minimum absolute atomic E-state index is 0.0835. The third-order valence-electron chi connectivity index (χ3n) is 3.16. The first-order valence-electron chi connectivity index (χ1n) is 6.40. The Morgan fingerprint density at radius 2 is 1.89 bits per heavy atom. The van der Waals surface area contributed by atoms with Gasteiger partial charge in [0.2, 0.25) is 0 Å². The molecule has 0 aromatic heterocycles. The Morgan fingerprint density at radius 3 is 2.42 bits per heavy atom. The van der Waals surface area contributed by atoms with Crippen molar-refractivity contribution in [3.05, 3.63) is 29.8 Å². The number of benzene rings is 1. The molecule has 1 fully saturated rings. The first-order valence-corrected chi connectivity index (χ1v) is 8.05. The van der Waals surface area contributed by atoms with E-state index in [1.165, 1.54) is 0 Å². The second-order valence-electron chi connectivity index (χ2n) is 5.37. The number of aryl methyl sites for hydroxylation is 1. The highest BCUT2D eigenvalue weighted by atomic mass is 32.2. The van der Waals surface area contributed by atoms with E-state index < -0.39 is 15.6 Å². The Kier molecular flexibility index (Phi) is 3.99. The van der Waals surface area contributed by atoms with Crippen molar-refractivity contribution in [2.24, 2.45) is 0 Å². The van der Waals surface area contributed by atoms with Crippen molar-refractivity contribution >= 4 is 9.84 Å². The van der Waals surface area contributed by atoms with Crippen LogP contribution in [-0.4, -0.2) is 32.7 Å². The van der Waals surface area contributed by atoms with Gasteiger partial charge < -0.3 is 9.47 Å². The van der Waals surface area contributed by atoms with E-state index in [4.69, 9.17) is 9.47 Å². The highest BCUT2D eigenvalue weighted by Crippen LogP contribution is 2.25. The second-order valence-corrected chi connectivity index (χ2v) is 7.48. The van der Waals surface area contributed by atoms with Gasteiger partial charge in [-0.3, -0.25) is 0 Å². The molecule has 0 amide bonds. The van der Waals surface area contributed by atoms with Crippen LogP contribution in [0, 0.1) is 6.92 Å². The zero-order chi connectivity index (χ0) is 14.1. The van der Waals surface area contributed by atoms with Gasteiger partial charge in [-0.05, 0) is 39.3 Å². The first kappa shape index (κ1) is 14.5. The zero-order valence-electron chi connectivity index (χ0n) is 11.5. The lowest BCUT2D eigenvalue weighted by Crippen LogP contribution is -2.23. The smallest absolute Gasteiger partial charge is 0.178 e. The van der Waals surface area contributed by atoms with Gasteiger partial charge in [0.1, 0.15) is 0 Å². The summed E-state index contributed by atoms with van der Waals surface area (Å²) in [6, 6.07) is 6.93. The van der Waals surface area contributed by atoms with Crippen molar-refractivity contribution in [1.82, 2.24) is 0 Å². The summed E-state index contributed by atoms with van der Waals surface area (Å²) < 4.78 is 35.4. The van der Waals surface area contributed by atoms with Crippen molar-refractivity contribution < 1.29 is 17.9 Å². The van der Waals surface area contributed by atoms with Gasteiger partial charge in [-0.2, -0.15) is 0 Å². The minimum atomic E-state index is -3.24. The molecule has 2 rings (SSSR count). The van der Waals surface area contributed by atoms with Gasteiger partial charge in [0, 0.05) is 0 Å². The van der Waals surface area contributed by atoms with Crippen LogP contribution in [0.25, 0.3) is 0 Å². The highest BCUT2D eigenvalue weighted by Gasteiger charge is 2.33. The van der Waals surface area contributed by atoms with E-state index in [1.54, 1.807) is 12.1 Å². The fourth-order valence-corrected chi connectivity index (χ4v) is 3.42. The molecule has 5 heteroatoms. The minimum Gasteiger partial charge on any atom is -0.348 e. The molecule has 1 aromatic rings. The third kappa shape index (κ3) is 3.78. The third-order valence-corrected chi connectivity index (χ3v) is 4.92. The van der Waals surface area contributed by atoms with Crippen LogP contribution in [0.4, 0.5) is 0 Å². The van der Waals surface area contributed by atoms with Gasteiger partial charge in [-0.1, -0.05) is 17.7 Å². The molecule has 0 spiro atoms. The Morgan fingerprint density at radius 1 is 1.26 bits per heavy atom. The van der Waals surface area contributed by atoms with E-state index in [0.29, 0.717) is 17.9 Å². The molecule has 1 heterocycles. The van der Waals surface area contributed by atoms with Crippen LogP contribution in [-0.2, 0) is 19.3 Å². The molecule has 0 bridgehead atoms. The van der Waals surface area contributed by atoms with Crippen LogP contribution in [0.2, 0.25) is 0 Å². The van der Waals surface area contributed by atoms with Gasteiger partial charge in [-0.15, -0.1) is 0 Å². The normalized spacial score (nSPS) is 22.6. The summed E-state index contributed by atoms with van der Waals surface area (Å²) in [5.41, 5.74) is 1.05. The van der Waals surface area contributed by atoms with Crippen molar-refractivity contribution in [3.63, 3.8) is 0 Å². The SMILES string of the molecule is Cc1ccc(S(=O)(=O)CC[C@H]2COC(C)(C)O2)cc1. The summed E-state index contributed by atoms with van der Waals surface area (Å²) in [5, 5.41) is 0. The van der Waals surface area contributed by atoms with Gasteiger partial charge >= 0.3 is 0 Å². The van der Waals surface area contributed by atoms with E-state index in [9.17, 15) is 8.42 Å². The quantitative estimate of drug-likeness (QED) is 0.851. The van der Waals surface area contributed by atoms with Crippen LogP contribution in [0.15, 0.2) is 29.2 Å². The van der Waals surface area contributed by atoms with Crippen molar-refractivity contribution in [1.29, 1.82) is 0 Å². The molecule has 1 aliphatic rings. The lowest BCUT2D eigenvalue weighted by atomic mass is 10.2. The summed E-state index contributed by atoms with van der Waals surface area (Å²) in [7, 11) is -3.24. The van der Waals surface area contributed by atoms with Crippen LogP contribution in [0.5, 0.6) is 0 Å². The maximum atomic E-state index is 12.2. The summed E-state index contributed by atoms with van der Waals surface area (Å²) in [6.45, 7) is 6.06. The summed E-state index contributed by atoms with van der Waals surface area (Å²) in [5.74, 6) is -0.515. The largest absolute Gasteiger partial charge is 0.348 e. The molecule has 0 aliphatic carbocycles. The fraction of sp³-hybridized carbons (Fsp3) is 0.571. The van der Waals surface area contributed by atoms with Gasteiger partial charge in [-0.25, -0.2) is 8.42 Å². The summed E-state index contributed by atoms with van der Waals surface area (Å²) in [6.07, 6.45) is 0.315. The van der Waals surface area contributed by atoms with E-state index in [0.717, 1.165) is 5.56 Å². The Bertz CT molecular complexity index is 531. The Labute approximate surface area is 114 Å². The molecule has 0 N–H and O–H groups in total. The molecule has 0 unspecified atom stereocenters. The number of rotatable bonds is 4. The maximum Gasteiger partial charge on any atom is 0.178 e. The number of ether oxygens (including phenoxy) is 2. The molecule has 1 aliphatic heterocycles. The maximum absolute atomic E-state index is 12.2. The van der Waals surface area contributed by atoms with Crippen LogP contribution in [0.1, 0.15) is 25.8 Å². The van der Waals surface area contributed by atoms with Gasteiger partial charge in [0.05, 0.1) is 23.4 Å². The molecular weight excluding hydrogens is 264 g/mol. The van der Waals surface area contributed by atoms with Gasteiger partial charge in [0.25, 0.3) is 0 Å². The molecule has 1 aromatic carbocycles. The summed E-state index contributed by atoms with van der Waals surface area (Å²) >= 11 is 0. The lowest BCUT2D eigenvalue weighted by Gasteiger charge is -2.17. The average molecular weight is 284 g/mol. The molecule has 0 radical (unpaired) electrons. The fourth-order valence-electron chi connectivity index (χ4n) is 2.06. The first-order chi connectivity index (χ1) is 8.78. The average Bonchev–Trinajstić information content (AvgIpc) is 2.67. The van der Waals surface area contributed by atoms with E-state index in [2.05, 4.69) is 0 Å². The van der Waals surface area contributed by atoms with Crippen molar-refractivity contribution in [2.45, 2.75) is 44.0 Å². The standard InChI is InChI=1S/C14H20O4S/c1-11-4-6-13(7-5-11)19(15,16)9-8-12-10-17-14(2,3)18-12/h4-7,12H,8-10H2,1-3H3/t12-/m0/s1. The van der Waals surface area contributed by atoms with Crippen molar-refractivity contribution in [3.8, 4) is 0 Å². The molecular formula is C14H20O4S. The lowest BCUT2D eigenvalue weighted by molar-refractivity contribution is -0.138. The monoisotopic (exact) mass is 284 g/mol. The Hall–Kier alpha value is -0.910. The highest BCUT2D eigenvalue weighted by molar-refractivity contribution is 7.91. The molecule has 0 saturated carbocycles. The molecule has 106 valence electrons. The summed E-state index contributed by atoms with van der Waals surface area (Å²) in [4.78, 5) is 0.372. The predicted molar refractivity (Wildman–Crippen MR) is 72.8 cm³/mol. The van der Waals surface area contributed by atoms with Gasteiger partial charge in [0.15, 0.2) is 15.6 Å². The van der Waals surface area contributed by atoms with E-state index in [1.807, 2.05) is 32.9 Å².